The van der Waals surface area contributed by atoms with Gasteiger partial charge in [-0.2, -0.15) is 0 Å². The van der Waals surface area contributed by atoms with Gasteiger partial charge in [-0.25, -0.2) is 13.2 Å². The molecule has 0 radical (unpaired) electrons. The van der Waals surface area contributed by atoms with Gasteiger partial charge >= 0.3 is 5.97 Å². The lowest BCUT2D eigenvalue weighted by Crippen LogP contribution is -2.28. The molecule has 122 valence electrons. The molecule has 0 fully saturated rings. The van der Waals surface area contributed by atoms with E-state index in [2.05, 4.69) is 0 Å². The number of halogens is 1. The van der Waals surface area contributed by atoms with Crippen LogP contribution < -0.4 is 4.31 Å². The first-order valence-corrected chi connectivity index (χ1v) is 8.52. The Hall–Kier alpha value is -2.05. The van der Waals surface area contributed by atoms with E-state index in [-0.39, 0.29) is 16.1 Å². The average Bonchev–Trinajstić information content (AvgIpc) is 2.53. The lowest BCUT2D eigenvalue weighted by atomic mass is 10.2. The molecule has 0 aliphatic carbocycles. The van der Waals surface area contributed by atoms with Crippen molar-refractivity contribution < 1.29 is 17.9 Å². The summed E-state index contributed by atoms with van der Waals surface area (Å²) in [5.41, 5.74) is 1.23. The van der Waals surface area contributed by atoms with E-state index in [1.807, 2.05) is 6.92 Å². The van der Waals surface area contributed by atoms with Crippen molar-refractivity contribution in [3.63, 3.8) is 0 Å². The molecule has 0 saturated heterocycles. The molecule has 0 bridgehead atoms. The van der Waals surface area contributed by atoms with Crippen molar-refractivity contribution >= 4 is 33.3 Å². The quantitative estimate of drug-likeness (QED) is 0.791. The minimum Gasteiger partial charge on any atom is -0.465 e. The lowest BCUT2D eigenvalue weighted by molar-refractivity contribution is 0.0601. The number of anilines is 1. The molecular formula is C16H16ClNO4S. The van der Waals surface area contributed by atoms with Crippen LogP contribution in [0.2, 0.25) is 5.02 Å². The number of carbonyl (C=O) groups excluding carboxylic acids is 1. The highest BCUT2D eigenvalue weighted by Gasteiger charge is 2.25. The largest absolute Gasteiger partial charge is 0.465 e. The summed E-state index contributed by atoms with van der Waals surface area (Å²) in [6.45, 7) is 1.87. The highest BCUT2D eigenvalue weighted by atomic mass is 35.5. The van der Waals surface area contributed by atoms with Crippen LogP contribution >= 0.6 is 11.6 Å². The topological polar surface area (TPSA) is 63.7 Å². The Bertz CT molecular complexity index is 832. The molecular weight excluding hydrogens is 338 g/mol. The fraction of sp³-hybridized carbons (Fsp3) is 0.188. The Morgan fingerprint density at radius 1 is 1.13 bits per heavy atom. The van der Waals surface area contributed by atoms with E-state index in [1.54, 1.807) is 12.1 Å². The van der Waals surface area contributed by atoms with Gasteiger partial charge in [0.25, 0.3) is 10.0 Å². The lowest BCUT2D eigenvalue weighted by Gasteiger charge is -2.22. The molecule has 0 aliphatic rings. The molecule has 0 amide bonds. The van der Waals surface area contributed by atoms with Crippen molar-refractivity contribution in [3.05, 3.63) is 58.6 Å². The van der Waals surface area contributed by atoms with Gasteiger partial charge in [-0.1, -0.05) is 29.3 Å². The predicted octanol–water partition coefficient (Wildman–Crippen LogP) is 3.26. The number of sulfonamides is 1. The first-order valence-electron chi connectivity index (χ1n) is 6.71. The van der Waals surface area contributed by atoms with Crippen LogP contribution in [-0.2, 0) is 14.8 Å². The number of carbonyl (C=O) groups is 1. The Balaban J connectivity index is 2.53. The summed E-state index contributed by atoms with van der Waals surface area (Å²) < 4.78 is 31.2. The normalized spacial score (nSPS) is 11.1. The molecule has 0 heterocycles. The minimum atomic E-state index is -3.80. The molecule has 0 spiro atoms. The number of hydrogen-bond donors (Lipinski definition) is 0. The fourth-order valence-electron chi connectivity index (χ4n) is 2.05. The molecule has 5 nitrogen and oxygen atoms in total. The number of benzene rings is 2. The first kappa shape index (κ1) is 17.3. The highest BCUT2D eigenvalue weighted by Crippen LogP contribution is 2.28. The van der Waals surface area contributed by atoms with Gasteiger partial charge in [0.2, 0.25) is 0 Å². The second-order valence-electron chi connectivity index (χ2n) is 4.94. The smallest absolute Gasteiger partial charge is 0.340 e. The zero-order valence-electron chi connectivity index (χ0n) is 12.9. The van der Waals surface area contributed by atoms with E-state index >= 15 is 0 Å². The zero-order valence-corrected chi connectivity index (χ0v) is 14.5. The molecule has 0 saturated carbocycles. The predicted molar refractivity (Wildman–Crippen MR) is 89.6 cm³/mol. The molecule has 7 heteroatoms. The van der Waals surface area contributed by atoms with Crippen LogP contribution in [0.25, 0.3) is 0 Å². The van der Waals surface area contributed by atoms with Gasteiger partial charge in [0, 0.05) is 12.1 Å². The summed E-state index contributed by atoms with van der Waals surface area (Å²) in [7, 11) is -1.20. The summed E-state index contributed by atoms with van der Waals surface area (Å²) in [5.74, 6) is -0.659. The van der Waals surface area contributed by atoms with E-state index in [0.29, 0.717) is 5.02 Å². The fourth-order valence-corrected chi connectivity index (χ4v) is 3.44. The van der Waals surface area contributed by atoms with Crippen LogP contribution in [0.4, 0.5) is 5.69 Å². The molecule has 0 aliphatic heterocycles. The Morgan fingerprint density at radius 2 is 1.74 bits per heavy atom. The van der Waals surface area contributed by atoms with Crippen molar-refractivity contribution in [3.8, 4) is 0 Å². The summed E-state index contributed by atoms with van der Waals surface area (Å²) in [5, 5.41) is 0.315. The van der Waals surface area contributed by atoms with Crippen molar-refractivity contribution in [2.24, 2.45) is 0 Å². The maximum Gasteiger partial charge on any atom is 0.340 e. The van der Waals surface area contributed by atoms with Gasteiger partial charge in [-0.3, -0.25) is 4.31 Å². The highest BCUT2D eigenvalue weighted by molar-refractivity contribution is 7.92. The van der Waals surface area contributed by atoms with E-state index in [4.69, 9.17) is 16.3 Å². The van der Waals surface area contributed by atoms with Crippen LogP contribution in [0.1, 0.15) is 15.9 Å². The molecule has 23 heavy (non-hydrogen) atoms. The zero-order chi connectivity index (χ0) is 17.2. The molecule has 2 aromatic rings. The maximum atomic E-state index is 12.7. The van der Waals surface area contributed by atoms with Gasteiger partial charge in [0.15, 0.2) is 0 Å². The first-order chi connectivity index (χ1) is 10.8. The SMILES string of the molecule is COC(=O)c1cc(Cl)ccc1N(C)S(=O)(=O)c1ccc(C)cc1. The van der Waals surface area contributed by atoms with Crippen LogP contribution in [0, 0.1) is 6.92 Å². The summed E-state index contributed by atoms with van der Waals surface area (Å²) in [4.78, 5) is 12.0. The number of hydrogen-bond acceptors (Lipinski definition) is 4. The van der Waals surface area contributed by atoms with E-state index in [1.165, 1.54) is 44.5 Å². The third-order valence-corrected chi connectivity index (χ3v) is 5.40. The number of esters is 1. The Labute approximate surface area is 140 Å². The Morgan fingerprint density at radius 3 is 2.30 bits per heavy atom. The number of methoxy groups -OCH3 is 1. The number of ether oxygens (including phenoxy) is 1. The van der Waals surface area contributed by atoms with Gasteiger partial charge in [-0.05, 0) is 37.3 Å². The molecule has 0 unspecified atom stereocenters. The minimum absolute atomic E-state index is 0.0817. The molecule has 2 rings (SSSR count). The van der Waals surface area contributed by atoms with Crippen LogP contribution in [0.15, 0.2) is 47.4 Å². The second-order valence-corrected chi connectivity index (χ2v) is 7.34. The van der Waals surface area contributed by atoms with Crippen molar-refractivity contribution in [2.45, 2.75) is 11.8 Å². The standard InChI is InChI=1S/C16H16ClNO4S/c1-11-4-7-13(8-5-11)23(20,21)18(2)15-9-6-12(17)10-14(15)16(19)22-3/h4-10H,1-3H3. The molecule has 0 N–H and O–H groups in total. The van der Waals surface area contributed by atoms with Gasteiger partial charge in [0.1, 0.15) is 0 Å². The van der Waals surface area contributed by atoms with E-state index < -0.39 is 16.0 Å². The summed E-state index contributed by atoms with van der Waals surface area (Å²) in [6.07, 6.45) is 0. The van der Waals surface area contributed by atoms with Gasteiger partial charge in [-0.15, -0.1) is 0 Å². The third-order valence-electron chi connectivity index (χ3n) is 3.38. The second kappa shape index (κ2) is 6.60. The molecule has 0 atom stereocenters. The Kier molecular flexibility index (Phi) is 4.97. The number of nitrogens with zero attached hydrogens (tertiary/aromatic N) is 1. The average molecular weight is 354 g/mol. The van der Waals surface area contributed by atoms with Crippen LogP contribution in [0.3, 0.4) is 0 Å². The molecule has 0 aromatic heterocycles. The van der Waals surface area contributed by atoms with Gasteiger partial charge < -0.3 is 4.74 Å². The monoisotopic (exact) mass is 353 g/mol. The number of aryl methyl sites for hydroxylation is 1. The summed E-state index contributed by atoms with van der Waals surface area (Å²) >= 11 is 5.90. The van der Waals surface area contributed by atoms with Crippen LogP contribution in [0.5, 0.6) is 0 Å². The van der Waals surface area contributed by atoms with Crippen molar-refractivity contribution in [1.29, 1.82) is 0 Å². The summed E-state index contributed by atoms with van der Waals surface area (Å²) in [6, 6.07) is 10.8. The van der Waals surface area contributed by atoms with Crippen molar-refractivity contribution in [2.75, 3.05) is 18.5 Å². The van der Waals surface area contributed by atoms with E-state index in [0.717, 1.165) is 9.87 Å². The maximum absolute atomic E-state index is 12.7. The van der Waals surface area contributed by atoms with Gasteiger partial charge in [0.05, 0.1) is 23.3 Å². The molecule has 2 aromatic carbocycles. The number of rotatable bonds is 4. The van der Waals surface area contributed by atoms with Crippen molar-refractivity contribution in [1.82, 2.24) is 0 Å². The van der Waals surface area contributed by atoms with E-state index in [9.17, 15) is 13.2 Å². The third kappa shape index (κ3) is 3.48. The van der Waals surface area contributed by atoms with Crippen LogP contribution in [-0.4, -0.2) is 28.5 Å².